The third-order valence-corrected chi connectivity index (χ3v) is 4.59. The first-order valence-corrected chi connectivity index (χ1v) is 9.30. The zero-order valence-corrected chi connectivity index (χ0v) is 16.9. The van der Waals surface area contributed by atoms with E-state index in [0.29, 0.717) is 29.4 Å². The van der Waals surface area contributed by atoms with E-state index >= 15 is 0 Å². The molecule has 26 heavy (non-hydrogen) atoms. The Morgan fingerprint density at radius 3 is 2.73 bits per heavy atom. The molecule has 0 bridgehead atoms. The highest BCUT2D eigenvalue weighted by molar-refractivity contribution is 9.10. The van der Waals surface area contributed by atoms with Crippen LogP contribution < -0.4 is 14.9 Å². The van der Waals surface area contributed by atoms with Crippen LogP contribution in [0.1, 0.15) is 12.5 Å². The SMILES string of the molecule is CCOc1c(Br)cc(CNn2c(-c3ccccc3)n[nH]c2=S)cc1OC. The smallest absolute Gasteiger partial charge is 0.214 e. The molecule has 0 aliphatic rings. The van der Waals surface area contributed by atoms with Gasteiger partial charge in [0.05, 0.1) is 24.7 Å². The Labute approximate surface area is 165 Å². The Hall–Kier alpha value is -2.32. The van der Waals surface area contributed by atoms with Gasteiger partial charge in [-0.3, -0.25) is 0 Å². The lowest BCUT2D eigenvalue weighted by Gasteiger charge is -2.15. The maximum absolute atomic E-state index is 5.63. The fourth-order valence-corrected chi connectivity index (χ4v) is 3.36. The van der Waals surface area contributed by atoms with Crippen LogP contribution in [-0.2, 0) is 6.54 Å². The summed E-state index contributed by atoms with van der Waals surface area (Å²) < 4.78 is 14.2. The quantitative estimate of drug-likeness (QED) is 0.535. The van der Waals surface area contributed by atoms with Gasteiger partial charge in [-0.25, -0.2) is 9.77 Å². The van der Waals surface area contributed by atoms with E-state index in [1.807, 2.05) is 49.4 Å². The number of hydrogen-bond acceptors (Lipinski definition) is 5. The van der Waals surface area contributed by atoms with Crippen molar-refractivity contribution in [2.24, 2.45) is 0 Å². The zero-order valence-electron chi connectivity index (χ0n) is 14.5. The second-order valence-electron chi connectivity index (χ2n) is 5.43. The van der Waals surface area contributed by atoms with Crippen LogP contribution in [0.5, 0.6) is 11.5 Å². The normalized spacial score (nSPS) is 10.6. The number of aromatic amines is 1. The predicted octanol–water partition coefficient (Wildman–Crippen LogP) is 4.52. The van der Waals surface area contributed by atoms with E-state index in [2.05, 4.69) is 31.6 Å². The summed E-state index contributed by atoms with van der Waals surface area (Å²) in [6.07, 6.45) is 0. The summed E-state index contributed by atoms with van der Waals surface area (Å²) in [6, 6.07) is 13.8. The van der Waals surface area contributed by atoms with Gasteiger partial charge < -0.3 is 14.9 Å². The van der Waals surface area contributed by atoms with Crippen molar-refractivity contribution in [1.29, 1.82) is 0 Å². The molecule has 3 rings (SSSR count). The van der Waals surface area contributed by atoms with Crippen molar-refractivity contribution in [3.63, 3.8) is 0 Å². The molecule has 2 aromatic carbocycles. The third kappa shape index (κ3) is 3.91. The van der Waals surface area contributed by atoms with E-state index in [1.54, 1.807) is 11.8 Å². The van der Waals surface area contributed by atoms with Crippen molar-refractivity contribution in [3.8, 4) is 22.9 Å². The minimum absolute atomic E-state index is 0.501. The fourth-order valence-electron chi connectivity index (χ4n) is 2.55. The summed E-state index contributed by atoms with van der Waals surface area (Å²) in [6.45, 7) is 3.04. The molecular weight excluding hydrogens is 416 g/mol. The Morgan fingerprint density at radius 2 is 2.04 bits per heavy atom. The Morgan fingerprint density at radius 1 is 1.27 bits per heavy atom. The lowest BCUT2D eigenvalue weighted by atomic mass is 10.2. The van der Waals surface area contributed by atoms with E-state index in [0.717, 1.165) is 21.4 Å². The summed E-state index contributed by atoms with van der Waals surface area (Å²) in [5.74, 6) is 2.10. The average molecular weight is 435 g/mol. The molecule has 6 nitrogen and oxygen atoms in total. The van der Waals surface area contributed by atoms with Crippen molar-refractivity contribution in [2.45, 2.75) is 13.5 Å². The first kappa shape index (κ1) is 18.5. The van der Waals surface area contributed by atoms with Crippen LogP contribution in [0.4, 0.5) is 0 Å². The summed E-state index contributed by atoms with van der Waals surface area (Å²) in [5.41, 5.74) is 5.29. The summed E-state index contributed by atoms with van der Waals surface area (Å²) in [7, 11) is 1.63. The molecule has 0 radical (unpaired) electrons. The van der Waals surface area contributed by atoms with E-state index in [1.165, 1.54) is 0 Å². The van der Waals surface area contributed by atoms with Gasteiger partial charge in [-0.15, -0.1) is 0 Å². The Kier molecular flexibility index (Phi) is 5.95. The van der Waals surface area contributed by atoms with Crippen molar-refractivity contribution in [3.05, 3.63) is 57.3 Å². The molecule has 0 spiro atoms. The van der Waals surface area contributed by atoms with Gasteiger partial charge in [-0.2, -0.15) is 5.10 Å². The molecule has 1 aromatic heterocycles. The predicted molar refractivity (Wildman–Crippen MR) is 108 cm³/mol. The minimum Gasteiger partial charge on any atom is -0.493 e. The largest absolute Gasteiger partial charge is 0.493 e. The van der Waals surface area contributed by atoms with E-state index in [-0.39, 0.29) is 0 Å². The second kappa shape index (κ2) is 8.37. The molecule has 0 aliphatic carbocycles. The molecule has 0 saturated heterocycles. The molecule has 3 aromatic rings. The molecule has 0 unspecified atom stereocenters. The summed E-state index contributed by atoms with van der Waals surface area (Å²) >= 11 is 8.89. The maximum atomic E-state index is 5.63. The lowest BCUT2D eigenvalue weighted by Crippen LogP contribution is -2.16. The van der Waals surface area contributed by atoms with Crippen LogP contribution in [-0.4, -0.2) is 28.6 Å². The van der Waals surface area contributed by atoms with E-state index in [9.17, 15) is 0 Å². The van der Waals surface area contributed by atoms with Crippen molar-refractivity contribution < 1.29 is 9.47 Å². The fraction of sp³-hybridized carbons (Fsp3) is 0.222. The maximum Gasteiger partial charge on any atom is 0.214 e. The number of aromatic nitrogens is 3. The van der Waals surface area contributed by atoms with Gasteiger partial charge in [0.1, 0.15) is 0 Å². The topological polar surface area (TPSA) is 64.1 Å². The number of ether oxygens (including phenoxy) is 2. The number of methoxy groups -OCH3 is 1. The first-order valence-electron chi connectivity index (χ1n) is 8.10. The van der Waals surface area contributed by atoms with Crippen LogP contribution in [0.25, 0.3) is 11.4 Å². The molecular formula is C18H19BrN4O2S. The highest BCUT2D eigenvalue weighted by Crippen LogP contribution is 2.36. The van der Waals surface area contributed by atoms with Crippen molar-refractivity contribution in [1.82, 2.24) is 14.9 Å². The molecule has 2 N–H and O–H groups in total. The molecule has 8 heteroatoms. The molecule has 0 atom stereocenters. The van der Waals surface area contributed by atoms with Crippen molar-refractivity contribution in [2.75, 3.05) is 19.1 Å². The van der Waals surface area contributed by atoms with Gasteiger partial charge in [-0.05, 0) is 52.8 Å². The lowest BCUT2D eigenvalue weighted by molar-refractivity contribution is 0.308. The highest BCUT2D eigenvalue weighted by Gasteiger charge is 2.12. The third-order valence-electron chi connectivity index (χ3n) is 3.72. The Bertz CT molecular complexity index is 940. The molecule has 0 fully saturated rings. The minimum atomic E-state index is 0.501. The second-order valence-corrected chi connectivity index (χ2v) is 6.67. The van der Waals surface area contributed by atoms with Crippen LogP contribution in [0.3, 0.4) is 0 Å². The van der Waals surface area contributed by atoms with E-state index < -0.39 is 0 Å². The number of nitrogens with one attached hydrogen (secondary N) is 2. The molecule has 136 valence electrons. The first-order chi connectivity index (χ1) is 12.6. The van der Waals surface area contributed by atoms with Crippen LogP contribution in [0.2, 0.25) is 0 Å². The number of H-pyrrole nitrogens is 1. The van der Waals surface area contributed by atoms with E-state index in [4.69, 9.17) is 21.7 Å². The molecule has 0 aliphatic heterocycles. The van der Waals surface area contributed by atoms with Gasteiger partial charge in [0, 0.05) is 5.56 Å². The van der Waals surface area contributed by atoms with Gasteiger partial charge in [0.15, 0.2) is 17.3 Å². The summed E-state index contributed by atoms with van der Waals surface area (Å²) in [4.78, 5) is 0. The van der Waals surface area contributed by atoms with Crippen LogP contribution in [0, 0.1) is 4.77 Å². The molecule has 0 amide bonds. The van der Waals surface area contributed by atoms with Crippen LogP contribution >= 0.6 is 28.1 Å². The highest BCUT2D eigenvalue weighted by atomic mass is 79.9. The van der Waals surface area contributed by atoms with Crippen molar-refractivity contribution >= 4 is 28.1 Å². The van der Waals surface area contributed by atoms with Gasteiger partial charge >= 0.3 is 0 Å². The number of hydrogen-bond donors (Lipinski definition) is 2. The van der Waals surface area contributed by atoms with Crippen LogP contribution in [0.15, 0.2) is 46.9 Å². The number of benzene rings is 2. The standard InChI is InChI=1S/C18H19BrN4O2S/c1-3-25-16-14(19)9-12(10-15(16)24-2)11-20-23-17(21-22-18(23)26)13-7-5-4-6-8-13/h4-10,20H,3,11H2,1-2H3,(H,22,26). The average Bonchev–Trinajstić information content (AvgIpc) is 3.03. The zero-order chi connectivity index (χ0) is 18.5. The number of halogens is 1. The Balaban J connectivity index is 1.85. The number of nitrogens with zero attached hydrogens (tertiary/aromatic N) is 2. The molecule has 0 saturated carbocycles. The van der Waals surface area contributed by atoms with Gasteiger partial charge in [-0.1, -0.05) is 30.3 Å². The van der Waals surface area contributed by atoms with Gasteiger partial charge in [0.2, 0.25) is 4.77 Å². The molecule has 1 heterocycles. The van der Waals surface area contributed by atoms with Gasteiger partial charge in [0.25, 0.3) is 0 Å². The number of rotatable bonds is 7. The summed E-state index contributed by atoms with van der Waals surface area (Å²) in [5, 5.41) is 7.15. The monoisotopic (exact) mass is 434 g/mol.